The van der Waals surface area contributed by atoms with Crippen molar-refractivity contribution in [3.8, 4) is 0 Å². The van der Waals surface area contributed by atoms with Gasteiger partial charge in [0.15, 0.2) is 14.9 Å². The molecule has 0 bridgehead atoms. The molecule has 0 unspecified atom stereocenters. The lowest BCUT2D eigenvalue weighted by molar-refractivity contribution is 0.598. The summed E-state index contributed by atoms with van der Waals surface area (Å²) in [4.78, 5) is 4.20. The van der Waals surface area contributed by atoms with E-state index in [1.54, 1.807) is 6.07 Å². The molecule has 3 nitrogen and oxygen atoms in total. The summed E-state index contributed by atoms with van der Waals surface area (Å²) in [6, 6.07) is 2.94. The van der Waals surface area contributed by atoms with Crippen molar-refractivity contribution < 1.29 is 8.42 Å². The van der Waals surface area contributed by atoms with Crippen LogP contribution in [0.1, 0.15) is 0 Å². The predicted molar refractivity (Wildman–Crippen MR) is 43.2 cm³/mol. The van der Waals surface area contributed by atoms with Crippen LogP contribution >= 0.6 is 12.6 Å². The third-order valence-corrected chi connectivity index (χ3v) is 2.33. The van der Waals surface area contributed by atoms with E-state index in [2.05, 4.69) is 4.98 Å². The summed E-state index contributed by atoms with van der Waals surface area (Å²) >= 11 is 4.74. The summed E-state index contributed by atoms with van der Waals surface area (Å²) in [5.41, 5.74) is 0. The number of rotatable bonds is 1. The van der Waals surface area contributed by atoms with Gasteiger partial charge in [-0.05, 0) is 12.1 Å². The molecule has 0 aliphatic rings. The molecule has 0 spiro atoms. The van der Waals surface area contributed by atoms with Crippen LogP contribution in [0.2, 0.25) is 0 Å². The Balaban J connectivity index is 3.20. The number of sulfone groups is 1. The second-order valence-electron chi connectivity index (χ2n) is 2.10. The molecule has 0 saturated carbocycles. The molecule has 11 heavy (non-hydrogen) atoms. The predicted octanol–water partition coefficient (Wildman–Crippen LogP) is 1.04. The molecule has 0 saturated heterocycles. The van der Waals surface area contributed by atoms with Crippen molar-refractivity contribution in [3.05, 3.63) is 18.3 Å². The zero-order chi connectivity index (χ0) is 8.48. The summed E-state index contributed by atoms with van der Waals surface area (Å²) in [6.45, 7) is 0. The molecule has 0 amide bonds. The summed E-state index contributed by atoms with van der Waals surface area (Å²) in [7, 11) is -3.18. The van der Waals surface area contributed by atoms with Crippen molar-refractivity contribution in [2.75, 3.05) is 6.26 Å². The fraction of sp³-hybridized carbons (Fsp3) is 0.167. The molecular formula is C6H6NO2S2. The van der Waals surface area contributed by atoms with Crippen LogP contribution in [0.3, 0.4) is 0 Å². The number of hydrogen-bond acceptors (Lipinski definition) is 3. The van der Waals surface area contributed by atoms with Crippen LogP contribution in [0.25, 0.3) is 0 Å². The number of aromatic nitrogens is 1. The van der Waals surface area contributed by atoms with Crippen LogP contribution in [0, 0.1) is 0 Å². The van der Waals surface area contributed by atoms with Gasteiger partial charge in [-0.1, -0.05) is 12.6 Å². The lowest BCUT2D eigenvalue weighted by Gasteiger charge is -1.94. The van der Waals surface area contributed by atoms with E-state index in [9.17, 15) is 8.42 Å². The van der Waals surface area contributed by atoms with E-state index in [1.165, 1.54) is 12.3 Å². The molecule has 0 aliphatic heterocycles. The fourth-order valence-electron chi connectivity index (χ4n) is 0.586. The summed E-state index contributed by atoms with van der Waals surface area (Å²) in [5.74, 6) is 0. The molecule has 59 valence electrons. The van der Waals surface area contributed by atoms with Crippen LogP contribution in [0.4, 0.5) is 0 Å². The van der Waals surface area contributed by atoms with Gasteiger partial charge in [-0.15, -0.1) is 0 Å². The van der Waals surface area contributed by atoms with Crippen LogP contribution in [0.15, 0.2) is 28.3 Å². The van der Waals surface area contributed by atoms with Crippen molar-refractivity contribution in [2.24, 2.45) is 0 Å². The maximum absolute atomic E-state index is 10.8. The Labute approximate surface area is 70.8 Å². The van der Waals surface area contributed by atoms with Crippen LogP contribution in [-0.4, -0.2) is 19.7 Å². The van der Waals surface area contributed by atoms with Crippen LogP contribution < -0.4 is 0 Å². The summed E-state index contributed by atoms with van der Waals surface area (Å²) in [5, 5.41) is 0.0612. The van der Waals surface area contributed by atoms with Crippen molar-refractivity contribution in [1.29, 1.82) is 0 Å². The Hall–Kier alpha value is -0.680. The van der Waals surface area contributed by atoms with Gasteiger partial charge in [-0.25, -0.2) is 13.4 Å². The zero-order valence-electron chi connectivity index (χ0n) is 5.81. The summed E-state index contributed by atoms with van der Waals surface area (Å²) in [6.07, 6.45) is 2.46. The van der Waals surface area contributed by atoms with Crippen molar-refractivity contribution in [2.45, 2.75) is 9.92 Å². The normalized spacial score (nSPS) is 11.4. The van der Waals surface area contributed by atoms with E-state index in [4.69, 9.17) is 12.6 Å². The zero-order valence-corrected chi connectivity index (χ0v) is 7.45. The molecule has 0 N–H and O–H groups in total. The molecule has 1 radical (unpaired) electrons. The minimum Gasteiger partial charge on any atom is -0.243 e. The smallest absolute Gasteiger partial charge is 0.192 e. The molecule has 5 heteroatoms. The molecule has 1 aromatic rings. The van der Waals surface area contributed by atoms with Gasteiger partial charge in [-0.2, -0.15) is 0 Å². The van der Waals surface area contributed by atoms with Gasteiger partial charge in [0.1, 0.15) is 0 Å². The molecule has 1 rings (SSSR count). The van der Waals surface area contributed by atoms with Gasteiger partial charge in [-0.3, -0.25) is 0 Å². The highest BCUT2D eigenvalue weighted by molar-refractivity contribution is 7.90. The van der Waals surface area contributed by atoms with Crippen molar-refractivity contribution in [3.63, 3.8) is 0 Å². The van der Waals surface area contributed by atoms with Gasteiger partial charge in [0.25, 0.3) is 0 Å². The average Bonchev–Trinajstić information content (AvgIpc) is 1.86. The van der Waals surface area contributed by atoms with E-state index in [-0.39, 0.29) is 5.03 Å². The maximum Gasteiger partial charge on any atom is 0.192 e. The third kappa shape index (κ3) is 2.13. The summed E-state index contributed by atoms with van der Waals surface area (Å²) < 4.78 is 21.7. The lowest BCUT2D eigenvalue weighted by Crippen LogP contribution is -1.99. The van der Waals surface area contributed by atoms with E-state index >= 15 is 0 Å². The SMILES string of the molecule is CS(=O)(=O)c1ccc([S])cn1. The van der Waals surface area contributed by atoms with Crippen molar-refractivity contribution in [1.82, 2.24) is 4.98 Å². The first-order chi connectivity index (χ1) is 5.00. The Bertz CT molecular complexity index is 341. The molecule has 0 aromatic carbocycles. The Morgan fingerprint density at radius 2 is 2.09 bits per heavy atom. The standard InChI is InChI=1S/C6H6NO2S2/c1-11(8,9)6-3-2-5(10)4-7-6/h2-4H,1H3. The van der Waals surface area contributed by atoms with E-state index in [1.807, 2.05) is 0 Å². The first-order valence-electron chi connectivity index (χ1n) is 2.83. The van der Waals surface area contributed by atoms with Gasteiger partial charge >= 0.3 is 0 Å². The highest BCUT2D eigenvalue weighted by Crippen LogP contribution is 2.08. The lowest BCUT2D eigenvalue weighted by atomic mass is 10.5. The number of hydrogen-bond donors (Lipinski definition) is 0. The van der Waals surface area contributed by atoms with Gasteiger partial charge in [0, 0.05) is 12.5 Å². The van der Waals surface area contributed by atoms with Crippen molar-refractivity contribution >= 4 is 22.5 Å². The van der Waals surface area contributed by atoms with E-state index < -0.39 is 9.84 Å². The Morgan fingerprint density at radius 1 is 1.45 bits per heavy atom. The van der Waals surface area contributed by atoms with Crippen LogP contribution in [0.5, 0.6) is 0 Å². The third-order valence-electron chi connectivity index (χ3n) is 1.09. The first-order valence-corrected chi connectivity index (χ1v) is 5.13. The molecular weight excluding hydrogens is 182 g/mol. The maximum atomic E-state index is 10.8. The van der Waals surface area contributed by atoms with Crippen LogP contribution in [-0.2, 0) is 9.84 Å². The molecule has 1 heterocycles. The van der Waals surface area contributed by atoms with Gasteiger partial charge < -0.3 is 0 Å². The van der Waals surface area contributed by atoms with E-state index in [0.29, 0.717) is 4.90 Å². The average molecular weight is 188 g/mol. The Kier molecular flexibility index (Phi) is 2.10. The monoisotopic (exact) mass is 188 g/mol. The molecule has 0 fully saturated rings. The quantitative estimate of drug-likeness (QED) is 0.661. The second-order valence-corrected chi connectivity index (χ2v) is 4.54. The minimum atomic E-state index is -3.18. The highest BCUT2D eigenvalue weighted by Gasteiger charge is 2.06. The molecule has 0 aliphatic carbocycles. The van der Waals surface area contributed by atoms with E-state index in [0.717, 1.165) is 6.26 Å². The van der Waals surface area contributed by atoms with Gasteiger partial charge in [0.2, 0.25) is 0 Å². The second kappa shape index (κ2) is 2.75. The molecule has 0 atom stereocenters. The number of pyridine rings is 1. The highest BCUT2D eigenvalue weighted by atomic mass is 32.2. The number of nitrogens with zero attached hydrogens (tertiary/aromatic N) is 1. The fourth-order valence-corrected chi connectivity index (χ4v) is 1.27. The topological polar surface area (TPSA) is 47.0 Å². The minimum absolute atomic E-state index is 0.0612. The Morgan fingerprint density at radius 3 is 2.45 bits per heavy atom. The van der Waals surface area contributed by atoms with Gasteiger partial charge in [0.05, 0.1) is 4.90 Å². The molecule has 1 aromatic heterocycles. The first kappa shape index (κ1) is 8.42. The largest absolute Gasteiger partial charge is 0.243 e.